The van der Waals surface area contributed by atoms with Gasteiger partial charge in [-0.1, -0.05) is 32.1 Å². The molecule has 1 heterocycles. The van der Waals surface area contributed by atoms with E-state index in [-0.39, 0.29) is 0 Å². The van der Waals surface area contributed by atoms with Gasteiger partial charge in [-0.25, -0.2) is 0 Å². The highest BCUT2D eigenvalue weighted by Gasteiger charge is 2.12. The number of hydrogen-bond acceptors (Lipinski definition) is 3. The lowest BCUT2D eigenvalue weighted by Crippen LogP contribution is -2.12. The summed E-state index contributed by atoms with van der Waals surface area (Å²) in [4.78, 5) is 0. The van der Waals surface area contributed by atoms with Crippen molar-refractivity contribution < 1.29 is 0 Å². The largest absolute Gasteiger partial charge is 0.369 e. The van der Waals surface area contributed by atoms with E-state index in [0.717, 1.165) is 23.8 Å². The number of aromatic nitrogens is 2. The SMILES string of the molecule is Cc1cnnc(NCCC2CCCCC2)c1. The number of nitrogens with zero attached hydrogens (tertiary/aromatic N) is 2. The zero-order valence-corrected chi connectivity index (χ0v) is 10.1. The van der Waals surface area contributed by atoms with E-state index in [9.17, 15) is 0 Å². The molecule has 88 valence electrons. The van der Waals surface area contributed by atoms with E-state index in [2.05, 4.69) is 15.5 Å². The summed E-state index contributed by atoms with van der Waals surface area (Å²) in [6.45, 7) is 3.07. The standard InChI is InChI=1S/C13H21N3/c1-11-9-13(16-15-10-11)14-8-7-12-5-3-2-4-6-12/h9-10,12H,2-8H2,1H3,(H,14,16). The lowest BCUT2D eigenvalue weighted by atomic mass is 9.87. The van der Waals surface area contributed by atoms with E-state index in [1.165, 1.54) is 38.5 Å². The molecular formula is C13H21N3. The fourth-order valence-electron chi connectivity index (χ4n) is 2.43. The Balaban J connectivity index is 1.71. The van der Waals surface area contributed by atoms with Crippen LogP contribution in [0.15, 0.2) is 12.3 Å². The summed E-state index contributed by atoms with van der Waals surface area (Å²) in [5.74, 6) is 1.84. The molecule has 1 aliphatic carbocycles. The van der Waals surface area contributed by atoms with Crippen molar-refractivity contribution in [2.45, 2.75) is 45.4 Å². The molecule has 2 rings (SSSR count). The monoisotopic (exact) mass is 219 g/mol. The van der Waals surface area contributed by atoms with Gasteiger partial charge in [-0.3, -0.25) is 0 Å². The van der Waals surface area contributed by atoms with Gasteiger partial charge in [0.05, 0.1) is 6.20 Å². The Morgan fingerprint density at radius 3 is 2.88 bits per heavy atom. The second-order valence-corrected chi connectivity index (χ2v) is 4.84. The number of rotatable bonds is 4. The third-order valence-electron chi connectivity index (χ3n) is 3.37. The summed E-state index contributed by atoms with van der Waals surface area (Å²) in [7, 11) is 0. The normalized spacial score (nSPS) is 17.3. The van der Waals surface area contributed by atoms with Gasteiger partial charge in [0.25, 0.3) is 0 Å². The van der Waals surface area contributed by atoms with Crippen LogP contribution < -0.4 is 5.32 Å². The van der Waals surface area contributed by atoms with Crippen molar-refractivity contribution in [3.8, 4) is 0 Å². The van der Waals surface area contributed by atoms with Crippen molar-refractivity contribution in [1.29, 1.82) is 0 Å². The summed E-state index contributed by atoms with van der Waals surface area (Å²) in [6.07, 6.45) is 10.2. The third-order valence-corrected chi connectivity index (χ3v) is 3.37. The van der Waals surface area contributed by atoms with Crippen molar-refractivity contribution in [2.75, 3.05) is 11.9 Å². The first kappa shape index (κ1) is 11.4. The van der Waals surface area contributed by atoms with Crippen LogP contribution in [0, 0.1) is 12.8 Å². The number of anilines is 1. The molecule has 1 fully saturated rings. The summed E-state index contributed by atoms with van der Waals surface area (Å²) in [6, 6.07) is 2.05. The van der Waals surface area contributed by atoms with E-state index in [4.69, 9.17) is 0 Å². The minimum absolute atomic E-state index is 0.913. The maximum absolute atomic E-state index is 4.06. The highest BCUT2D eigenvalue weighted by molar-refractivity contribution is 5.34. The van der Waals surface area contributed by atoms with Crippen LogP contribution in [0.5, 0.6) is 0 Å². The van der Waals surface area contributed by atoms with Gasteiger partial charge in [0, 0.05) is 6.54 Å². The van der Waals surface area contributed by atoms with Crippen molar-refractivity contribution >= 4 is 5.82 Å². The molecular weight excluding hydrogens is 198 g/mol. The van der Waals surface area contributed by atoms with Crippen LogP contribution in [0.25, 0.3) is 0 Å². The van der Waals surface area contributed by atoms with Crippen molar-refractivity contribution in [3.05, 3.63) is 17.8 Å². The molecule has 0 unspecified atom stereocenters. The molecule has 0 bridgehead atoms. The van der Waals surface area contributed by atoms with E-state index in [0.29, 0.717) is 0 Å². The molecule has 1 aromatic heterocycles. The lowest BCUT2D eigenvalue weighted by Gasteiger charge is -2.21. The van der Waals surface area contributed by atoms with Crippen molar-refractivity contribution in [1.82, 2.24) is 10.2 Å². The van der Waals surface area contributed by atoms with Gasteiger partial charge in [0.2, 0.25) is 0 Å². The number of aryl methyl sites for hydroxylation is 1. The van der Waals surface area contributed by atoms with Crippen LogP contribution in [0.4, 0.5) is 5.82 Å². The quantitative estimate of drug-likeness (QED) is 0.845. The summed E-state index contributed by atoms with van der Waals surface area (Å²) >= 11 is 0. The fraction of sp³-hybridized carbons (Fsp3) is 0.692. The Morgan fingerprint density at radius 2 is 2.12 bits per heavy atom. The summed E-state index contributed by atoms with van der Waals surface area (Å²) in [5.41, 5.74) is 1.16. The molecule has 1 N–H and O–H groups in total. The third kappa shape index (κ3) is 3.47. The molecule has 0 aromatic carbocycles. The Bertz CT molecular complexity index is 319. The van der Waals surface area contributed by atoms with Gasteiger partial charge >= 0.3 is 0 Å². The number of nitrogens with one attached hydrogen (secondary N) is 1. The average Bonchev–Trinajstić information content (AvgIpc) is 2.30. The molecule has 3 nitrogen and oxygen atoms in total. The van der Waals surface area contributed by atoms with Crippen molar-refractivity contribution in [2.24, 2.45) is 5.92 Å². The molecule has 0 amide bonds. The summed E-state index contributed by atoms with van der Waals surface area (Å²) in [5, 5.41) is 11.4. The van der Waals surface area contributed by atoms with Gasteiger partial charge in [-0.2, -0.15) is 5.10 Å². The topological polar surface area (TPSA) is 37.8 Å². The molecule has 1 aliphatic rings. The number of hydrogen-bond donors (Lipinski definition) is 1. The second kappa shape index (κ2) is 5.83. The molecule has 1 saturated carbocycles. The second-order valence-electron chi connectivity index (χ2n) is 4.84. The van der Waals surface area contributed by atoms with Gasteiger partial charge in [0.1, 0.15) is 5.82 Å². The van der Waals surface area contributed by atoms with Gasteiger partial charge < -0.3 is 5.32 Å². The Hall–Kier alpha value is -1.12. The van der Waals surface area contributed by atoms with Gasteiger partial charge in [-0.15, -0.1) is 5.10 Å². The van der Waals surface area contributed by atoms with Crippen LogP contribution in [0.1, 0.15) is 44.1 Å². The zero-order valence-electron chi connectivity index (χ0n) is 10.1. The van der Waals surface area contributed by atoms with Crippen LogP contribution in [0.3, 0.4) is 0 Å². The fourth-order valence-corrected chi connectivity index (χ4v) is 2.43. The predicted molar refractivity (Wildman–Crippen MR) is 66.5 cm³/mol. The Morgan fingerprint density at radius 1 is 1.31 bits per heavy atom. The molecule has 16 heavy (non-hydrogen) atoms. The average molecular weight is 219 g/mol. The van der Waals surface area contributed by atoms with E-state index >= 15 is 0 Å². The molecule has 0 aliphatic heterocycles. The van der Waals surface area contributed by atoms with Crippen LogP contribution >= 0.6 is 0 Å². The molecule has 0 saturated heterocycles. The zero-order chi connectivity index (χ0) is 11.2. The summed E-state index contributed by atoms with van der Waals surface area (Å²) < 4.78 is 0. The maximum Gasteiger partial charge on any atom is 0.148 e. The van der Waals surface area contributed by atoms with E-state index in [1.807, 2.05) is 13.0 Å². The molecule has 0 spiro atoms. The minimum Gasteiger partial charge on any atom is -0.369 e. The Kier molecular flexibility index (Phi) is 4.14. The molecule has 3 heteroatoms. The first-order chi connectivity index (χ1) is 7.84. The first-order valence-electron chi connectivity index (χ1n) is 6.38. The first-order valence-corrected chi connectivity index (χ1v) is 6.38. The van der Waals surface area contributed by atoms with Crippen LogP contribution in [-0.4, -0.2) is 16.7 Å². The Labute approximate surface area is 97.7 Å². The minimum atomic E-state index is 0.913. The highest BCUT2D eigenvalue weighted by Crippen LogP contribution is 2.26. The van der Waals surface area contributed by atoms with Crippen LogP contribution in [0.2, 0.25) is 0 Å². The molecule has 0 atom stereocenters. The lowest BCUT2D eigenvalue weighted by molar-refractivity contribution is 0.345. The van der Waals surface area contributed by atoms with Gasteiger partial charge in [-0.05, 0) is 30.9 Å². The van der Waals surface area contributed by atoms with Crippen molar-refractivity contribution in [3.63, 3.8) is 0 Å². The molecule has 1 aromatic rings. The van der Waals surface area contributed by atoms with E-state index in [1.54, 1.807) is 6.20 Å². The van der Waals surface area contributed by atoms with Gasteiger partial charge in [0.15, 0.2) is 0 Å². The molecule has 0 radical (unpaired) electrons. The van der Waals surface area contributed by atoms with E-state index < -0.39 is 0 Å². The maximum atomic E-state index is 4.06. The predicted octanol–water partition coefficient (Wildman–Crippen LogP) is 3.17. The smallest absolute Gasteiger partial charge is 0.148 e. The van der Waals surface area contributed by atoms with Crippen LogP contribution in [-0.2, 0) is 0 Å². The highest BCUT2D eigenvalue weighted by atomic mass is 15.2.